The molecule has 5 heteroatoms. The third-order valence-electron chi connectivity index (χ3n) is 4.97. The second-order valence-corrected chi connectivity index (χ2v) is 6.47. The fourth-order valence-corrected chi connectivity index (χ4v) is 3.75. The molecule has 0 aromatic heterocycles. The lowest BCUT2D eigenvalue weighted by molar-refractivity contribution is -0.147. The molecule has 0 spiro atoms. The Balaban J connectivity index is 1.57. The topological polar surface area (TPSA) is 64.8 Å². The van der Waals surface area contributed by atoms with Crippen molar-refractivity contribution < 1.29 is 14.3 Å². The van der Waals surface area contributed by atoms with Crippen molar-refractivity contribution in [1.29, 1.82) is 0 Å². The lowest BCUT2D eigenvalue weighted by atomic mass is 9.77. The van der Waals surface area contributed by atoms with Gasteiger partial charge in [0.15, 0.2) is 0 Å². The molecular formula is C18H26N2O3. The summed E-state index contributed by atoms with van der Waals surface area (Å²) in [5.41, 5.74) is 6.74. The van der Waals surface area contributed by atoms with Crippen LogP contribution in [-0.4, -0.2) is 42.7 Å². The van der Waals surface area contributed by atoms with Gasteiger partial charge in [-0.15, -0.1) is 0 Å². The minimum absolute atomic E-state index is 0.116. The van der Waals surface area contributed by atoms with Gasteiger partial charge in [-0.25, -0.2) is 0 Å². The SMILES string of the molecule is CCOC(=O)CN1CC2CCC1CC2Oc1ccc(CN)cc1. The lowest BCUT2D eigenvalue weighted by Crippen LogP contribution is -2.56. The van der Waals surface area contributed by atoms with Gasteiger partial charge in [-0.1, -0.05) is 12.1 Å². The lowest BCUT2D eigenvalue weighted by Gasteiger charge is -2.48. The largest absolute Gasteiger partial charge is 0.490 e. The molecule has 126 valence electrons. The predicted octanol–water partition coefficient (Wildman–Crippen LogP) is 1.94. The van der Waals surface area contributed by atoms with Gasteiger partial charge in [-0.3, -0.25) is 9.69 Å². The van der Waals surface area contributed by atoms with Crippen LogP contribution in [0.2, 0.25) is 0 Å². The number of nitrogens with two attached hydrogens (primary N) is 1. The summed E-state index contributed by atoms with van der Waals surface area (Å²) in [5.74, 6) is 1.29. The zero-order valence-corrected chi connectivity index (χ0v) is 13.7. The first-order valence-electron chi connectivity index (χ1n) is 8.55. The van der Waals surface area contributed by atoms with Crippen molar-refractivity contribution in [3.8, 4) is 5.75 Å². The van der Waals surface area contributed by atoms with Crippen LogP contribution < -0.4 is 10.5 Å². The molecule has 1 aliphatic carbocycles. The minimum Gasteiger partial charge on any atom is -0.490 e. The molecule has 2 aliphatic heterocycles. The number of nitrogens with zero attached hydrogens (tertiary/aromatic N) is 1. The molecule has 2 N–H and O–H groups in total. The number of fused-ring (bicyclic) bond motifs is 3. The van der Waals surface area contributed by atoms with Crippen LogP contribution in [0.3, 0.4) is 0 Å². The quantitative estimate of drug-likeness (QED) is 0.812. The molecular weight excluding hydrogens is 292 g/mol. The van der Waals surface area contributed by atoms with Gasteiger partial charge in [0.25, 0.3) is 0 Å². The second-order valence-electron chi connectivity index (χ2n) is 6.47. The van der Waals surface area contributed by atoms with Crippen molar-refractivity contribution in [3.63, 3.8) is 0 Å². The average Bonchev–Trinajstić information content (AvgIpc) is 2.57. The van der Waals surface area contributed by atoms with Gasteiger partial charge >= 0.3 is 5.97 Å². The molecule has 2 heterocycles. The molecule has 0 radical (unpaired) electrons. The van der Waals surface area contributed by atoms with Crippen LogP contribution in [0, 0.1) is 5.92 Å². The maximum absolute atomic E-state index is 11.7. The van der Waals surface area contributed by atoms with Crippen LogP contribution in [0.1, 0.15) is 31.7 Å². The molecule has 23 heavy (non-hydrogen) atoms. The van der Waals surface area contributed by atoms with E-state index in [1.165, 1.54) is 6.42 Å². The van der Waals surface area contributed by atoms with E-state index in [0.717, 1.165) is 30.7 Å². The Morgan fingerprint density at radius 1 is 1.30 bits per heavy atom. The standard InChI is InChI=1S/C18H26N2O3/c1-2-22-18(21)12-20-11-14-5-6-15(20)9-17(14)23-16-7-3-13(10-19)4-8-16/h3-4,7-8,14-15,17H,2,5-6,9-12,19H2,1H3. The van der Waals surface area contributed by atoms with Crippen molar-refractivity contribution in [2.45, 2.75) is 44.9 Å². The molecule has 3 aliphatic rings. The Morgan fingerprint density at radius 3 is 2.70 bits per heavy atom. The first-order chi connectivity index (χ1) is 11.2. The van der Waals surface area contributed by atoms with Gasteiger partial charge in [0.1, 0.15) is 11.9 Å². The molecule has 3 unspecified atom stereocenters. The number of benzene rings is 1. The number of carbonyl (C=O) groups is 1. The van der Waals surface area contributed by atoms with Crippen molar-refractivity contribution in [2.75, 3.05) is 19.7 Å². The summed E-state index contributed by atoms with van der Waals surface area (Å²) in [6.45, 7) is 4.19. The molecule has 2 bridgehead atoms. The summed E-state index contributed by atoms with van der Waals surface area (Å²) in [4.78, 5) is 14.0. The summed E-state index contributed by atoms with van der Waals surface area (Å²) < 4.78 is 11.3. The van der Waals surface area contributed by atoms with E-state index < -0.39 is 0 Å². The monoisotopic (exact) mass is 318 g/mol. The summed E-state index contributed by atoms with van der Waals surface area (Å²) in [7, 11) is 0. The zero-order valence-electron chi connectivity index (χ0n) is 13.7. The van der Waals surface area contributed by atoms with Crippen molar-refractivity contribution in [2.24, 2.45) is 11.7 Å². The average molecular weight is 318 g/mol. The van der Waals surface area contributed by atoms with E-state index in [2.05, 4.69) is 4.90 Å². The molecule has 4 rings (SSSR count). The van der Waals surface area contributed by atoms with Crippen LogP contribution in [0.5, 0.6) is 5.75 Å². The molecule has 3 fully saturated rings. The highest BCUT2D eigenvalue weighted by Crippen LogP contribution is 2.37. The van der Waals surface area contributed by atoms with Gasteiger partial charge in [0, 0.05) is 31.5 Å². The van der Waals surface area contributed by atoms with E-state index >= 15 is 0 Å². The van der Waals surface area contributed by atoms with Crippen LogP contribution in [-0.2, 0) is 16.1 Å². The smallest absolute Gasteiger partial charge is 0.320 e. The summed E-state index contributed by atoms with van der Waals surface area (Å²) in [6.07, 6.45) is 3.56. The third kappa shape index (κ3) is 3.85. The highest BCUT2D eigenvalue weighted by atomic mass is 16.5. The van der Waals surface area contributed by atoms with E-state index in [4.69, 9.17) is 15.2 Å². The second kappa shape index (κ2) is 7.32. The summed E-state index contributed by atoms with van der Waals surface area (Å²) in [6, 6.07) is 8.46. The minimum atomic E-state index is -0.116. The van der Waals surface area contributed by atoms with Crippen LogP contribution in [0.25, 0.3) is 0 Å². The molecule has 3 atom stereocenters. The molecule has 1 aromatic rings. The summed E-state index contributed by atoms with van der Waals surface area (Å²) >= 11 is 0. The summed E-state index contributed by atoms with van der Waals surface area (Å²) in [5, 5.41) is 0. The molecule has 5 nitrogen and oxygen atoms in total. The van der Waals surface area contributed by atoms with E-state index in [9.17, 15) is 4.79 Å². The van der Waals surface area contributed by atoms with Crippen LogP contribution in [0.15, 0.2) is 24.3 Å². The Labute approximate surface area is 137 Å². The van der Waals surface area contributed by atoms with E-state index in [1.54, 1.807) is 0 Å². The number of piperidine rings is 2. The Hall–Kier alpha value is -1.59. The highest BCUT2D eigenvalue weighted by molar-refractivity contribution is 5.71. The predicted molar refractivity (Wildman–Crippen MR) is 88.1 cm³/mol. The van der Waals surface area contributed by atoms with Crippen molar-refractivity contribution in [3.05, 3.63) is 29.8 Å². The molecule has 0 amide bonds. The fourth-order valence-electron chi connectivity index (χ4n) is 3.75. The first-order valence-corrected chi connectivity index (χ1v) is 8.55. The zero-order chi connectivity index (χ0) is 16.2. The number of hydrogen-bond acceptors (Lipinski definition) is 5. The third-order valence-corrected chi connectivity index (χ3v) is 4.97. The van der Waals surface area contributed by atoms with Crippen molar-refractivity contribution in [1.82, 2.24) is 4.90 Å². The van der Waals surface area contributed by atoms with Gasteiger partial charge in [-0.2, -0.15) is 0 Å². The number of rotatable bonds is 6. The van der Waals surface area contributed by atoms with E-state index in [1.807, 2.05) is 31.2 Å². The Morgan fingerprint density at radius 2 is 2.09 bits per heavy atom. The van der Waals surface area contributed by atoms with Crippen LogP contribution in [0.4, 0.5) is 0 Å². The van der Waals surface area contributed by atoms with Gasteiger partial charge in [0.05, 0.1) is 13.2 Å². The highest BCUT2D eigenvalue weighted by Gasteiger charge is 2.42. The fraction of sp³-hybridized carbons (Fsp3) is 0.611. The maximum Gasteiger partial charge on any atom is 0.320 e. The Kier molecular flexibility index (Phi) is 5.18. The molecule has 2 saturated heterocycles. The first kappa shape index (κ1) is 16.3. The van der Waals surface area contributed by atoms with E-state index in [-0.39, 0.29) is 12.1 Å². The number of hydrogen-bond donors (Lipinski definition) is 1. The molecule has 1 saturated carbocycles. The van der Waals surface area contributed by atoms with E-state index in [0.29, 0.717) is 31.7 Å². The number of ether oxygens (including phenoxy) is 2. The van der Waals surface area contributed by atoms with Gasteiger partial charge in [-0.05, 0) is 37.5 Å². The van der Waals surface area contributed by atoms with Gasteiger partial charge in [0.2, 0.25) is 0 Å². The maximum atomic E-state index is 11.7. The normalized spacial score (nSPS) is 27.0. The van der Waals surface area contributed by atoms with Crippen molar-refractivity contribution >= 4 is 5.97 Å². The number of carbonyl (C=O) groups excluding carboxylic acids is 1. The number of esters is 1. The Bertz CT molecular complexity index is 532. The van der Waals surface area contributed by atoms with Gasteiger partial charge < -0.3 is 15.2 Å². The molecule has 1 aromatic carbocycles. The van der Waals surface area contributed by atoms with Crippen LogP contribution >= 0.6 is 0 Å².